The molecule has 1 aromatic carbocycles. The first kappa shape index (κ1) is 23.1. The summed E-state index contributed by atoms with van der Waals surface area (Å²) in [5.41, 5.74) is -0.255. The summed E-state index contributed by atoms with van der Waals surface area (Å²) in [7, 11) is -3.51. The third kappa shape index (κ3) is 5.45. The van der Waals surface area contributed by atoms with Crippen molar-refractivity contribution in [1.82, 2.24) is 9.62 Å². The standard InChI is InChI=1S/C21H30N2O5S/c1-4-23(5-2)29(26,27)18-12-9-17(10-13-18)11-14-19(24)22-21(15-7-8-16-21)20(25)28-6-3/h9-14H,4-8,15-16H2,1-3H3,(H,22,24)/b14-11+. The van der Waals surface area contributed by atoms with E-state index >= 15 is 0 Å². The van der Waals surface area contributed by atoms with E-state index in [4.69, 9.17) is 4.74 Å². The zero-order chi connectivity index (χ0) is 21.5. The van der Waals surface area contributed by atoms with Gasteiger partial charge in [-0.1, -0.05) is 38.8 Å². The molecule has 1 amide bonds. The van der Waals surface area contributed by atoms with Crippen LogP contribution in [-0.2, 0) is 24.3 Å². The molecule has 1 aromatic rings. The van der Waals surface area contributed by atoms with E-state index in [0.717, 1.165) is 12.8 Å². The molecular weight excluding hydrogens is 392 g/mol. The Hall–Kier alpha value is -2.19. The van der Waals surface area contributed by atoms with Gasteiger partial charge in [0.2, 0.25) is 15.9 Å². The lowest BCUT2D eigenvalue weighted by atomic mass is 9.97. The van der Waals surface area contributed by atoms with E-state index < -0.39 is 15.6 Å². The molecule has 1 aliphatic rings. The molecule has 0 spiro atoms. The molecule has 0 saturated heterocycles. The third-order valence-corrected chi connectivity index (χ3v) is 7.20. The molecule has 0 bridgehead atoms. The van der Waals surface area contributed by atoms with Gasteiger partial charge in [0.1, 0.15) is 5.54 Å². The van der Waals surface area contributed by atoms with E-state index in [0.29, 0.717) is 31.5 Å². The predicted molar refractivity (Wildman–Crippen MR) is 112 cm³/mol. The van der Waals surface area contributed by atoms with Gasteiger partial charge in [0.05, 0.1) is 11.5 Å². The van der Waals surface area contributed by atoms with E-state index in [9.17, 15) is 18.0 Å². The fourth-order valence-electron chi connectivity index (χ4n) is 3.54. The van der Waals surface area contributed by atoms with Crippen LogP contribution >= 0.6 is 0 Å². The Balaban J connectivity index is 2.08. The summed E-state index contributed by atoms with van der Waals surface area (Å²) in [6.45, 7) is 6.42. The van der Waals surface area contributed by atoms with E-state index in [1.807, 2.05) is 0 Å². The highest BCUT2D eigenvalue weighted by molar-refractivity contribution is 7.89. The Bertz CT molecular complexity index is 836. The van der Waals surface area contributed by atoms with Gasteiger partial charge in [-0.05, 0) is 43.5 Å². The average Bonchev–Trinajstić information content (AvgIpc) is 3.17. The van der Waals surface area contributed by atoms with E-state index in [-0.39, 0.29) is 23.4 Å². The van der Waals surface area contributed by atoms with Gasteiger partial charge in [-0.15, -0.1) is 0 Å². The van der Waals surface area contributed by atoms with Crippen molar-refractivity contribution in [2.24, 2.45) is 0 Å². The summed E-state index contributed by atoms with van der Waals surface area (Å²) in [6, 6.07) is 6.36. The number of amides is 1. The molecule has 29 heavy (non-hydrogen) atoms. The second kappa shape index (κ2) is 10.0. The van der Waals surface area contributed by atoms with E-state index in [1.54, 1.807) is 39.0 Å². The molecule has 0 unspecified atom stereocenters. The highest BCUT2D eigenvalue weighted by atomic mass is 32.2. The number of ether oxygens (including phenoxy) is 1. The normalized spacial score (nSPS) is 16.3. The topological polar surface area (TPSA) is 92.8 Å². The second-order valence-corrected chi connectivity index (χ2v) is 8.93. The van der Waals surface area contributed by atoms with Crippen molar-refractivity contribution in [3.05, 3.63) is 35.9 Å². The summed E-state index contributed by atoms with van der Waals surface area (Å²) in [5.74, 6) is -0.759. The van der Waals surface area contributed by atoms with Crippen LogP contribution < -0.4 is 5.32 Å². The zero-order valence-corrected chi connectivity index (χ0v) is 18.1. The summed E-state index contributed by atoms with van der Waals surface area (Å²) in [5, 5.41) is 2.81. The van der Waals surface area contributed by atoms with Crippen LogP contribution in [0.2, 0.25) is 0 Å². The highest BCUT2D eigenvalue weighted by Crippen LogP contribution is 2.31. The van der Waals surface area contributed by atoms with Crippen LogP contribution in [0.15, 0.2) is 35.2 Å². The van der Waals surface area contributed by atoms with Crippen LogP contribution in [0.1, 0.15) is 52.0 Å². The summed E-state index contributed by atoms with van der Waals surface area (Å²) < 4.78 is 31.6. The Morgan fingerprint density at radius 1 is 1.10 bits per heavy atom. The zero-order valence-electron chi connectivity index (χ0n) is 17.3. The van der Waals surface area contributed by atoms with Crippen LogP contribution in [0.4, 0.5) is 0 Å². The van der Waals surface area contributed by atoms with Gasteiger partial charge in [-0.25, -0.2) is 13.2 Å². The molecule has 0 heterocycles. The van der Waals surface area contributed by atoms with Crippen LogP contribution in [0.25, 0.3) is 6.08 Å². The maximum absolute atomic E-state index is 12.5. The van der Waals surface area contributed by atoms with Crippen molar-refractivity contribution >= 4 is 28.0 Å². The molecule has 0 atom stereocenters. The SMILES string of the molecule is CCOC(=O)C1(NC(=O)/C=C/c2ccc(S(=O)(=O)N(CC)CC)cc2)CCCC1. The molecule has 0 aliphatic heterocycles. The second-order valence-electron chi connectivity index (χ2n) is 6.99. The van der Waals surface area contributed by atoms with E-state index in [2.05, 4.69) is 5.32 Å². The van der Waals surface area contributed by atoms with Gasteiger partial charge < -0.3 is 10.1 Å². The fourth-order valence-corrected chi connectivity index (χ4v) is 5.00. The van der Waals surface area contributed by atoms with Gasteiger partial charge in [-0.3, -0.25) is 4.79 Å². The summed E-state index contributed by atoms with van der Waals surface area (Å²) in [6.07, 6.45) is 5.83. The van der Waals surface area contributed by atoms with Crippen LogP contribution in [0, 0.1) is 0 Å². The molecule has 8 heteroatoms. The molecule has 0 aromatic heterocycles. The number of carbonyl (C=O) groups excluding carboxylic acids is 2. The Labute approximate surface area is 173 Å². The fraction of sp³-hybridized carbons (Fsp3) is 0.524. The minimum absolute atomic E-state index is 0.218. The van der Waals surface area contributed by atoms with Crippen LogP contribution in [-0.4, -0.2) is 49.8 Å². The predicted octanol–water partition coefficient (Wildman–Crippen LogP) is 2.72. The van der Waals surface area contributed by atoms with Gasteiger partial charge in [0, 0.05) is 19.2 Å². The monoisotopic (exact) mass is 422 g/mol. The van der Waals surface area contributed by atoms with Crippen molar-refractivity contribution < 1.29 is 22.7 Å². The molecule has 1 fully saturated rings. The number of hydrogen-bond donors (Lipinski definition) is 1. The van der Waals surface area contributed by atoms with Crippen molar-refractivity contribution in [1.29, 1.82) is 0 Å². The van der Waals surface area contributed by atoms with Gasteiger partial charge >= 0.3 is 5.97 Å². The molecular formula is C21H30N2O5S. The largest absolute Gasteiger partial charge is 0.464 e. The number of hydrogen-bond acceptors (Lipinski definition) is 5. The number of rotatable bonds is 9. The number of benzene rings is 1. The molecule has 0 radical (unpaired) electrons. The van der Waals surface area contributed by atoms with Crippen molar-refractivity contribution in [2.45, 2.75) is 56.9 Å². The maximum atomic E-state index is 12.5. The average molecular weight is 423 g/mol. The smallest absolute Gasteiger partial charge is 0.331 e. The number of nitrogens with zero attached hydrogens (tertiary/aromatic N) is 1. The number of nitrogens with one attached hydrogen (secondary N) is 1. The first-order chi connectivity index (χ1) is 13.8. The Morgan fingerprint density at radius 2 is 1.69 bits per heavy atom. The lowest BCUT2D eigenvalue weighted by Gasteiger charge is -2.27. The summed E-state index contributed by atoms with van der Waals surface area (Å²) in [4.78, 5) is 24.9. The first-order valence-electron chi connectivity index (χ1n) is 10.1. The number of sulfonamides is 1. The highest BCUT2D eigenvalue weighted by Gasteiger charge is 2.43. The lowest BCUT2D eigenvalue weighted by Crippen LogP contribution is -2.52. The van der Waals surface area contributed by atoms with Gasteiger partial charge in [0.25, 0.3) is 0 Å². The number of esters is 1. The van der Waals surface area contributed by atoms with E-state index in [1.165, 1.54) is 22.5 Å². The molecule has 7 nitrogen and oxygen atoms in total. The maximum Gasteiger partial charge on any atom is 0.331 e. The molecule has 1 saturated carbocycles. The van der Waals surface area contributed by atoms with Crippen LogP contribution in [0.3, 0.4) is 0 Å². The Morgan fingerprint density at radius 3 is 2.21 bits per heavy atom. The molecule has 1 N–H and O–H groups in total. The Kier molecular flexibility index (Phi) is 7.98. The quantitative estimate of drug-likeness (QED) is 0.488. The minimum atomic E-state index is -3.51. The van der Waals surface area contributed by atoms with Crippen molar-refractivity contribution in [3.8, 4) is 0 Å². The van der Waals surface area contributed by atoms with Crippen molar-refractivity contribution in [3.63, 3.8) is 0 Å². The minimum Gasteiger partial charge on any atom is -0.464 e. The molecule has 1 aliphatic carbocycles. The third-order valence-electron chi connectivity index (χ3n) is 5.14. The van der Waals surface area contributed by atoms with Crippen LogP contribution in [0.5, 0.6) is 0 Å². The number of carbonyl (C=O) groups is 2. The van der Waals surface area contributed by atoms with Gasteiger partial charge in [-0.2, -0.15) is 4.31 Å². The lowest BCUT2D eigenvalue weighted by molar-refractivity contribution is -0.152. The molecule has 2 rings (SSSR count). The van der Waals surface area contributed by atoms with Crippen molar-refractivity contribution in [2.75, 3.05) is 19.7 Å². The molecule has 160 valence electrons. The summed E-state index contributed by atoms with van der Waals surface area (Å²) >= 11 is 0. The van der Waals surface area contributed by atoms with Gasteiger partial charge in [0.15, 0.2) is 0 Å². The first-order valence-corrected chi connectivity index (χ1v) is 11.5.